The predicted octanol–water partition coefficient (Wildman–Crippen LogP) is 3.91. The molecular formula is C34H30O9. The molecule has 2 aromatic heterocycles. The van der Waals surface area contributed by atoms with Gasteiger partial charge in [0.2, 0.25) is 0 Å². The third-order valence-electron chi connectivity index (χ3n) is 7.72. The van der Waals surface area contributed by atoms with Crippen LogP contribution in [0.3, 0.4) is 0 Å². The van der Waals surface area contributed by atoms with E-state index < -0.39 is 35.6 Å². The van der Waals surface area contributed by atoms with Crippen molar-refractivity contribution in [2.24, 2.45) is 0 Å². The molecule has 0 bridgehead atoms. The summed E-state index contributed by atoms with van der Waals surface area (Å²) in [5.41, 5.74) is 1.09. The Bertz CT molecular complexity index is 1860. The van der Waals surface area contributed by atoms with E-state index in [9.17, 15) is 30.0 Å². The lowest BCUT2D eigenvalue weighted by atomic mass is 9.87. The Labute approximate surface area is 245 Å². The van der Waals surface area contributed by atoms with Gasteiger partial charge in [-0.1, -0.05) is 60.7 Å². The number of aryl methyl sites for hydroxylation is 4. The number of phenolic OH excluding ortho intramolecular Hbond substituents is 1. The molecule has 0 saturated heterocycles. The molecule has 4 N–H and O–H groups in total. The van der Waals surface area contributed by atoms with Crippen molar-refractivity contribution < 1.29 is 34.0 Å². The molecule has 0 saturated carbocycles. The van der Waals surface area contributed by atoms with Crippen molar-refractivity contribution >= 4 is 11.0 Å². The summed E-state index contributed by atoms with van der Waals surface area (Å²) in [4.78, 5) is 25.9. The van der Waals surface area contributed by atoms with Crippen LogP contribution in [0, 0.1) is 0 Å². The van der Waals surface area contributed by atoms with Crippen molar-refractivity contribution in [2.45, 2.75) is 50.1 Å². The molecular weight excluding hydrogens is 552 g/mol. The number of aliphatic hydroxyl groups is 3. The maximum Gasteiger partial charge on any atom is 0.193 e. The fourth-order valence-electron chi connectivity index (χ4n) is 5.41. The fraction of sp³-hybridized carbons (Fsp3) is 0.235. The average Bonchev–Trinajstić information content (AvgIpc) is 3.01. The summed E-state index contributed by atoms with van der Waals surface area (Å²) in [6, 6.07) is 24.5. The number of hydrogen-bond acceptors (Lipinski definition) is 9. The highest BCUT2D eigenvalue weighted by Crippen LogP contribution is 2.41. The van der Waals surface area contributed by atoms with E-state index in [1.807, 2.05) is 60.7 Å². The Hall–Kier alpha value is -4.70. The number of aromatic hydroxyl groups is 1. The summed E-state index contributed by atoms with van der Waals surface area (Å²) in [6.45, 7) is 0. The summed E-state index contributed by atoms with van der Waals surface area (Å²) in [5.74, 6) is -0.0126. The second-order valence-electron chi connectivity index (χ2n) is 10.7. The van der Waals surface area contributed by atoms with Crippen LogP contribution in [0.1, 0.15) is 46.2 Å². The third-order valence-corrected chi connectivity index (χ3v) is 7.72. The van der Waals surface area contributed by atoms with Crippen LogP contribution in [0.15, 0.2) is 103 Å². The van der Waals surface area contributed by atoms with Gasteiger partial charge in [0.15, 0.2) is 34.2 Å². The van der Waals surface area contributed by atoms with Gasteiger partial charge in [-0.25, -0.2) is 0 Å². The zero-order valence-corrected chi connectivity index (χ0v) is 23.1. The molecule has 9 nitrogen and oxygen atoms in total. The molecule has 3 aromatic carbocycles. The number of phenols is 1. The molecule has 0 amide bonds. The van der Waals surface area contributed by atoms with E-state index in [-0.39, 0.29) is 33.5 Å². The SMILES string of the molecule is O=c1cc(CCc2ccccc2)oc2c1[C@H](O)[C@@H](O)[C@@H](O)[C@@H]2Oc1cc2oc(CCc3ccccc3)cc(=O)c2cc1O. The average molecular weight is 583 g/mol. The molecule has 0 spiro atoms. The van der Waals surface area contributed by atoms with E-state index in [2.05, 4.69) is 0 Å². The lowest BCUT2D eigenvalue weighted by Crippen LogP contribution is -2.45. The van der Waals surface area contributed by atoms with Crippen molar-refractivity contribution in [3.8, 4) is 11.5 Å². The first-order valence-electron chi connectivity index (χ1n) is 14.0. The van der Waals surface area contributed by atoms with E-state index in [0.717, 1.165) is 11.1 Å². The molecule has 6 rings (SSSR count). The lowest BCUT2D eigenvalue weighted by Gasteiger charge is -2.35. The molecule has 5 aromatic rings. The molecule has 1 aliphatic carbocycles. The molecule has 9 heteroatoms. The van der Waals surface area contributed by atoms with Gasteiger partial charge >= 0.3 is 0 Å². The quantitative estimate of drug-likeness (QED) is 0.214. The Kier molecular flexibility index (Phi) is 7.86. The molecule has 0 unspecified atom stereocenters. The van der Waals surface area contributed by atoms with E-state index in [1.54, 1.807) is 0 Å². The molecule has 0 fully saturated rings. The zero-order chi connectivity index (χ0) is 30.1. The van der Waals surface area contributed by atoms with Gasteiger partial charge in [0.25, 0.3) is 0 Å². The first kappa shape index (κ1) is 28.4. The molecule has 0 aliphatic heterocycles. The highest BCUT2D eigenvalue weighted by molar-refractivity contribution is 5.80. The molecule has 4 atom stereocenters. The summed E-state index contributed by atoms with van der Waals surface area (Å²) in [5, 5.41) is 43.0. The van der Waals surface area contributed by atoms with Gasteiger partial charge in [-0.15, -0.1) is 0 Å². The number of aliphatic hydroxyl groups excluding tert-OH is 3. The van der Waals surface area contributed by atoms with Crippen molar-refractivity contribution in [1.82, 2.24) is 0 Å². The van der Waals surface area contributed by atoms with Gasteiger partial charge in [-0.2, -0.15) is 0 Å². The zero-order valence-electron chi connectivity index (χ0n) is 23.1. The topological polar surface area (TPSA) is 151 Å². The Morgan fingerprint density at radius 2 is 1.26 bits per heavy atom. The van der Waals surface area contributed by atoms with Crippen molar-refractivity contribution in [3.63, 3.8) is 0 Å². The Morgan fingerprint density at radius 3 is 1.88 bits per heavy atom. The van der Waals surface area contributed by atoms with Gasteiger partial charge in [-0.3, -0.25) is 9.59 Å². The number of fused-ring (bicyclic) bond motifs is 2. The molecule has 43 heavy (non-hydrogen) atoms. The summed E-state index contributed by atoms with van der Waals surface area (Å²) < 4.78 is 18.0. The minimum atomic E-state index is -1.76. The van der Waals surface area contributed by atoms with Crippen LogP contribution >= 0.6 is 0 Å². The van der Waals surface area contributed by atoms with Crippen LogP contribution in [0.5, 0.6) is 11.5 Å². The third kappa shape index (κ3) is 5.83. The monoisotopic (exact) mass is 582 g/mol. The molecule has 1 aliphatic rings. The molecule has 0 radical (unpaired) electrons. The van der Waals surface area contributed by atoms with Crippen LogP contribution in [0.2, 0.25) is 0 Å². The second kappa shape index (κ2) is 11.9. The van der Waals surface area contributed by atoms with Crippen LogP contribution in [-0.4, -0.2) is 32.6 Å². The van der Waals surface area contributed by atoms with E-state index >= 15 is 0 Å². The lowest BCUT2D eigenvalue weighted by molar-refractivity contribution is -0.121. The minimum Gasteiger partial charge on any atom is -0.504 e. The largest absolute Gasteiger partial charge is 0.504 e. The van der Waals surface area contributed by atoms with Crippen LogP contribution in [0.4, 0.5) is 0 Å². The summed E-state index contributed by atoms with van der Waals surface area (Å²) in [7, 11) is 0. The number of hydrogen-bond donors (Lipinski definition) is 4. The maximum atomic E-state index is 13.1. The van der Waals surface area contributed by atoms with Gasteiger partial charge < -0.3 is 34.0 Å². The van der Waals surface area contributed by atoms with E-state index in [0.29, 0.717) is 37.2 Å². The summed E-state index contributed by atoms with van der Waals surface area (Å²) in [6.07, 6.45) is -4.62. The molecule has 2 heterocycles. The fourth-order valence-corrected chi connectivity index (χ4v) is 5.41. The maximum absolute atomic E-state index is 13.1. The Balaban J connectivity index is 1.33. The molecule has 220 valence electrons. The first-order valence-corrected chi connectivity index (χ1v) is 14.0. The van der Waals surface area contributed by atoms with Gasteiger partial charge in [0, 0.05) is 31.0 Å². The summed E-state index contributed by atoms with van der Waals surface area (Å²) >= 11 is 0. The van der Waals surface area contributed by atoms with Crippen LogP contribution in [-0.2, 0) is 25.7 Å². The van der Waals surface area contributed by atoms with Crippen LogP contribution in [0.25, 0.3) is 11.0 Å². The number of benzene rings is 3. The Morgan fingerprint density at radius 1 is 0.674 bits per heavy atom. The van der Waals surface area contributed by atoms with Gasteiger partial charge in [0.1, 0.15) is 35.4 Å². The normalized spacial score (nSPS) is 19.7. The smallest absolute Gasteiger partial charge is 0.193 e. The minimum absolute atomic E-state index is 0.128. The van der Waals surface area contributed by atoms with E-state index in [4.69, 9.17) is 13.6 Å². The van der Waals surface area contributed by atoms with Crippen molar-refractivity contribution in [2.75, 3.05) is 0 Å². The highest BCUT2D eigenvalue weighted by Gasteiger charge is 2.46. The van der Waals surface area contributed by atoms with Gasteiger partial charge in [-0.05, 0) is 30.0 Å². The van der Waals surface area contributed by atoms with Gasteiger partial charge in [0.05, 0.1) is 10.9 Å². The number of rotatable bonds is 8. The van der Waals surface area contributed by atoms with Crippen molar-refractivity contribution in [3.05, 3.63) is 139 Å². The first-order chi connectivity index (χ1) is 20.8. The number of ether oxygens (including phenoxy) is 1. The predicted molar refractivity (Wildman–Crippen MR) is 157 cm³/mol. The highest BCUT2D eigenvalue weighted by atomic mass is 16.5. The van der Waals surface area contributed by atoms with Crippen LogP contribution < -0.4 is 15.6 Å². The second-order valence-corrected chi connectivity index (χ2v) is 10.7. The standard InChI is InChI=1S/C34H30O9/c35-24-15-21(13-11-19-7-3-1-4-8-19)41-27-18-28(25(36)17-23(24)27)43-34-32(40)31(39)30(38)29-26(37)16-22(42-33(29)34)14-12-20-9-5-2-6-10-20/h1-10,15-18,30-32,34,36,38-40H,11-14H2/t30-,31+,32+,34-/m0/s1. The van der Waals surface area contributed by atoms with E-state index in [1.165, 1.54) is 24.3 Å². The van der Waals surface area contributed by atoms with Crippen molar-refractivity contribution in [1.29, 1.82) is 0 Å².